The van der Waals surface area contributed by atoms with Crippen LogP contribution in [0.15, 0.2) is 41.4 Å². The molecule has 0 bridgehead atoms. The van der Waals surface area contributed by atoms with Crippen molar-refractivity contribution in [1.29, 1.82) is 0 Å². The van der Waals surface area contributed by atoms with Crippen molar-refractivity contribution < 1.29 is 13.6 Å². The SMILES string of the molecule is CN(C)CCCNc1ccc(N=CC2C(=O)Nc3cc(F)ccc32)cc1F. The molecule has 3 rings (SSSR count). The summed E-state index contributed by atoms with van der Waals surface area (Å²) in [6.07, 6.45) is 2.36. The first kappa shape index (κ1) is 19.0. The molecule has 1 atom stereocenters. The second-order valence-corrected chi connectivity index (χ2v) is 6.72. The molecule has 142 valence electrons. The number of halogens is 2. The summed E-state index contributed by atoms with van der Waals surface area (Å²) < 4.78 is 27.5. The summed E-state index contributed by atoms with van der Waals surface area (Å²) in [5, 5.41) is 5.69. The zero-order valence-electron chi connectivity index (χ0n) is 15.3. The number of rotatable bonds is 7. The fraction of sp³-hybridized carbons (Fsp3) is 0.300. The van der Waals surface area contributed by atoms with E-state index in [0.717, 1.165) is 13.0 Å². The fourth-order valence-electron chi connectivity index (χ4n) is 2.91. The maximum atomic E-state index is 14.2. The molecule has 1 aliphatic rings. The number of hydrogen-bond donors (Lipinski definition) is 2. The minimum atomic E-state index is -0.618. The summed E-state index contributed by atoms with van der Waals surface area (Å²) in [6, 6.07) is 8.78. The van der Waals surface area contributed by atoms with Crippen LogP contribution in [0, 0.1) is 11.6 Å². The van der Waals surface area contributed by atoms with Crippen molar-refractivity contribution in [3.63, 3.8) is 0 Å². The average Bonchev–Trinajstić information content (AvgIpc) is 2.92. The van der Waals surface area contributed by atoms with Crippen molar-refractivity contribution in [2.24, 2.45) is 4.99 Å². The van der Waals surface area contributed by atoms with Crippen LogP contribution in [0.4, 0.5) is 25.8 Å². The number of nitrogens with one attached hydrogen (secondary N) is 2. The van der Waals surface area contributed by atoms with E-state index in [1.54, 1.807) is 18.2 Å². The van der Waals surface area contributed by atoms with E-state index in [4.69, 9.17) is 0 Å². The van der Waals surface area contributed by atoms with Gasteiger partial charge in [0.2, 0.25) is 5.91 Å². The van der Waals surface area contributed by atoms with Gasteiger partial charge >= 0.3 is 0 Å². The molecule has 0 saturated heterocycles. The number of amides is 1. The molecule has 1 unspecified atom stereocenters. The summed E-state index contributed by atoms with van der Waals surface area (Å²) in [6.45, 7) is 1.60. The topological polar surface area (TPSA) is 56.7 Å². The Balaban J connectivity index is 1.66. The van der Waals surface area contributed by atoms with Gasteiger partial charge in [-0.25, -0.2) is 8.78 Å². The Morgan fingerprint density at radius 3 is 2.78 bits per heavy atom. The van der Waals surface area contributed by atoms with Gasteiger partial charge in [0.1, 0.15) is 17.6 Å². The number of fused-ring (bicyclic) bond motifs is 1. The molecular weight excluding hydrogens is 350 g/mol. The van der Waals surface area contributed by atoms with E-state index in [2.05, 4.69) is 20.5 Å². The lowest BCUT2D eigenvalue weighted by Gasteiger charge is -2.11. The van der Waals surface area contributed by atoms with Crippen molar-refractivity contribution in [1.82, 2.24) is 4.90 Å². The van der Waals surface area contributed by atoms with Gasteiger partial charge in [-0.3, -0.25) is 9.79 Å². The van der Waals surface area contributed by atoms with Gasteiger partial charge in [0, 0.05) is 24.5 Å². The molecule has 0 saturated carbocycles. The lowest BCUT2D eigenvalue weighted by Crippen LogP contribution is -2.16. The van der Waals surface area contributed by atoms with E-state index in [1.807, 2.05) is 14.1 Å². The Hall–Kier alpha value is -2.80. The van der Waals surface area contributed by atoms with Crippen LogP contribution in [0.5, 0.6) is 0 Å². The third-order valence-electron chi connectivity index (χ3n) is 4.31. The van der Waals surface area contributed by atoms with E-state index in [0.29, 0.717) is 29.2 Å². The van der Waals surface area contributed by atoms with E-state index in [1.165, 1.54) is 24.4 Å². The standard InChI is InChI=1S/C20H22F2N4O/c1-26(2)9-3-8-23-18-7-5-14(11-17(18)22)24-12-16-15-6-4-13(21)10-19(15)25-20(16)27/h4-7,10-12,16,23H,3,8-9H2,1-2H3,(H,25,27). The molecule has 0 spiro atoms. The van der Waals surface area contributed by atoms with Crippen LogP contribution in [0.2, 0.25) is 0 Å². The molecule has 27 heavy (non-hydrogen) atoms. The molecule has 7 heteroatoms. The number of anilines is 2. The summed E-state index contributed by atoms with van der Waals surface area (Å²) >= 11 is 0. The van der Waals surface area contributed by atoms with Gasteiger partial charge in [-0.2, -0.15) is 0 Å². The number of aliphatic imine (C=N–C) groups is 1. The summed E-state index contributed by atoms with van der Waals surface area (Å²) in [7, 11) is 3.99. The van der Waals surface area contributed by atoms with Gasteiger partial charge in [-0.15, -0.1) is 0 Å². The van der Waals surface area contributed by atoms with Gasteiger partial charge < -0.3 is 15.5 Å². The number of carbonyl (C=O) groups is 1. The molecule has 0 aliphatic carbocycles. The minimum absolute atomic E-state index is 0.279. The fourth-order valence-corrected chi connectivity index (χ4v) is 2.91. The van der Waals surface area contributed by atoms with E-state index >= 15 is 0 Å². The van der Waals surface area contributed by atoms with Crippen LogP contribution >= 0.6 is 0 Å². The number of hydrogen-bond acceptors (Lipinski definition) is 4. The first-order chi connectivity index (χ1) is 12.9. The minimum Gasteiger partial charge on any atom is -0.383 e. The van der Waals surface area contributed by atoms with Gasteiger partial charge in [0.05, 0.1) is 11.4 Å². The lowest BCUT2D eigenvalue weighted by atomic mass is 10.0. The summed E-state index contributed by atoms with van der Waals surface area (Å²) in [5.41, 5.74) is 1.94. The maximum absolute atomic E-state index is 14.2. The monoisotopic (exact) mass is 372 g/mol. The maximum Gasteiger partial charge on any atom is 0.237 e. The molecular formula is C20H22F2N4O. The van der Waals surface area contributed by atoms with Gasteiger partial charge in [0.15, 0.2) is 0 Å². The van der Waals surface area contributed by atoms with Crippen molar-refractivity contribution in [2.75, 3.05) is 37.8 Å². The second-order valence-electron chi connectivity index (χ2n) is 6.72. The Morgan fingerprint density at radius 1 is 1.22 bits per heavy atom. The highest BCUT2D eigenvalue weighted by Crippen LogP contribution is 2.32. The quantitative estimate of drug-likeness (QED) is 0.575. The van der Waals surface area contributed by atoms with Crippen LogP contribution in [-0.2, 0) is 4.79 Å². The van der Waals surface area contributed by atoms with Crippen LogP contribution in [0.25, 0.3) is 0 Å². The molecule has 5 nitrogen and oxygen atoms in total. The molecule has 0 fully saturated rings. The third kappa shape index (κ3) is 4.68. The van der Waals surface area contributed by atoms with Crippen molar-refractivity contribution in [3.8, 4) is 0 Å². The molecule has 1 heterocycles. The predicted octanol–water partition coefficient (Wildman–Crippen LogP) is 3.77. The highest BCUT2D eigenvalue weighted by atomic mass is 19.1. The Labute approximate surface area is 157 Å². The zero-order valence-corrected chi connectivity index (χ0v) is 15.3. The first-order valence-electron chi connectivity index (χ1n) is 8.76. The van der Waals surface area contributed by atoms with Gasteiger partial charge in [-0.05, 0) is 56.9 Å². The highest BCUT2D eigenvalue weighted by molar-refractivity contribution is 6.12. The molecule has 0 radical (unpaired) electrons. The smallest absolute Gasteiger partial charge is 0.237 e. The largest absolute Gasteiger partial charge is 0.383 e. The summed E-state index contributed by atoms with van der Waals surface area (Å²) in [4.78, 5) is 18.4. The molecule has 2 N–H and O–H groups in total. The number of benzene rings is 2. The second kappa shape index (κ2) is 8.26. The first-order valence-corrected chi connectivity index (χ1v) is 8.76. The van der Waals surface area contributed by atoms with Crippen LogP contribution in [0.1, 0.15) is 17.9 Å². The Kier molecular flexibility index (Phi) is 5.81. The normalized spacial score (nSPS) is 16.0. The van der Waals surface area contributed by atoms with Crippen LogP contribution in [-0.4, -0.2) is 44.2 Å². The molecule has 0 aromatic heterocycles. The molecule has 1 amide bonds. The zero-order chi connectivity index (χ0) is 19.4. The summed E-state index contributed by atoms with van der Waals surface area (Å²) in [5.74, 6) is -1.71. The van der Waals surface area contributed by atoms with Gasteiger partial charge in [-0.1, -0.05) is 6.07 Å². The number of carbonyl (C=O) groups excluding carboxylic acids is 1. The highest BCUT2D eigenvalue weighted by Gasteiger charge is 2.29. The molecule has 1 aliphatic heterocycles. The van der Waals surface area contributed by atoms with Crippen molar-refractivity contribution in [3.05, 3.63) is 53.6 Å². The Bertz CT molecular complexity index is 867. The lowest BCUT2D eigenvalue weighted by molar-refractivity contribution is -0.115. The third-order valence-corrected chi connectivity index (χ3v) is 4.31. The molecule has 2 aromatic rings. The predicted molar refractivity (Wildman–Crippen MR) is 104 cm³/mol. The van der Waals surface area contributed by atoms with E-state index in [9.17, 15) is 13.6 Å². The van der Waals surface area contributed by atoms with Crippen LogP contribution < -0.4 is 10.6 Å². The van der Waals surface area contributed by atoms with Gasteiger partial charge in [0.25, 0.3) is 0 Å². The van der Waals surface area contributed by atoms with Crippen LogP contribution in [0.3, 0.4) is 0 Å². The van der Waals surface area contributed by atoms with E-state index < -0.39 is 17.6 Å². The average molecular weight is 372 g/mol. The van der Waals surface area contributed by atoms with Crippen molar-refractivity contribution in [2.45, 2.75) is 12.3 Å². The van der Waals surface area contributed by atoms with E-state index in [-0.39, 0.29) is 5.91 Å². The molecule has 2 aromatic carbocycles. The Morgan fingerprint density at radius 2 is 2.04 bits per heavy atom. The number of nitrogens with zero attached hydrogens (tertiary/aromatic N) is 2. The van der Waals surface area contributed by atoms with Crippen molar-refractivity contribution >= 4 is 29.2 Å².